The van der Waals surface area contributed by atoms with Gasteiger partial charge in [0.25, 0.3) is 10.0 Å². The highest BCUT2D eigenvalue weighted by Gasteiger charge is 2.29. The average Bonchev–Trinajstić information content (AvgIpc) is 3.01. The molecule has 2 aromatic heterocycles. The lowest BCUT2D eigenvalue weighted by Gasteiger charge is -2.13. The first-order valence-electron chi connectivity index (χ1n) is 8.24. The van der Waals surface area contributed by atoms with Gasteiger partial charge in [-0.1, -0.05) is 11.3 Å². The normalized spacial score (nSPS) is 18.6. The first-order valence-corrected chi connectivity index (χ1v) is 11.3. The van der Waals surface area contributed by atoms with Gasteiger partial charge in [0.1, 0.15) is 9.22 Å². The molecule has 1 N–H and O–H groups in total. The number of hydrogen-bond acceptors (Lipinski definition) is 7. The zero-order valence-electron chi connectivity index (χ0n) is 13.5. The van der Waals surface area contributed by atoms with Crippen LogP contribution in [-0.4, -0.2) is 41.9 Å². The molecule has 2 aliphatic rings. The van der Waals surface area contributed by atoms with Crippen LogP contribution in [0.4, 0.5) is 5.13 Å². The van der Waals surface area contributed by atoms with E-state index in [0.717, 1.165) is 46.9 Å². The van der Waals surface area contributed by atoms with E-state index < -0.39 is 10.0 Å². The Labute approximate surface area is 154 Å². The highest BCUT2D eigenvalue weighted by Crippen LogP contribution is 2.42. The lowest BCUT2D eigenvalue weighted by atomic mass is 10.3. The fourth-order valence-corrected chi connectivity index (χ4v) is 6.70. The second-order valence-corrected chi connectivity index (χ2v) is 10.6. The first kappa shape index (κ1) is 17.1. The standard InChI is InChI=1S/C15H18N4O3S3/c20-12(16-15-18-17-14(24-15)10-3-4-10)9-11-5-6-13(23-11)25(21,22)19-7-1-2-8-19/h5-6,10H,1-4,7-9H2,(H,16,18,20). The van der Waals surface area contributed by atoms with E-state index in [1.807, 2.05) is 0 Å². The molecule has 1 saturated heterocycles. The van der Waals surface area contributed by atoms with E-state index in [1.165, 1.54) is 15.6 Å². The molecule has 10 heteroatoms. The Morgan fingerprint density at radius 1 is 1.20 bits per heavy atom. The van der Waals surface area contributed by atoms with Crippen molar-refractivity contribution in [2.45, 2.75) is 42.2 Å². The summed E-state index contributed by atoms with van der Waals surface area (Å²) in [6.45, 7) is 1.16. The maximum atomic E-state index is 12.5. The number of nitrogens with one attached hydrogen (secondary N) is 1. The Balaban J connectivity index is 1.39. The van der Waals surface area contributed by atoms with Gasteiger partial charge in [0.15, 0.2) is 0 Å². The lowest BCUT2D eigenvalue weighted by molar-refractivity contribution is -0.115. The van der Waals surface area contributed by atoms with Crippen molar-refractivity contribution in [3.63, 3.8) is 0 Å². The summed E-state index contributed by atoms with van der Waals surface area (Å²) >= 11 is 2.58. The van der Waals surface area contributed by atoms with Crippen LogP contribution in [-0.2, 0) is 21.2 Å². The van der Waals surface area contributed by atoms with E-state index in [0.29, 0.717) is 28.3 Å². The molecule has 3 heterocycles. The summed E-state index contributed by atoms with van der Waals surface area (Å²) in [6.07, 6.45) is 4.24. The van der Waals surface area contributed by atoms with Crippen LogP contribution < -0.4 is 5.32 Å². The van der Waals surface area contributed by atoms with E-state index in [-0.39, 0.29) is 12.3 Å². The molecule has 1 saturated carbocycles. The van der Waals surface area contributed by atoms with E-state index in [4.69, 9.17) is 0 Å². The van der Waals surface area contributed by atoms with Crippen LogP contribution in [0.25, 0.3) is 0 Å². The fraction of sp³-hybridized carbons (Fsp3) is 0.533. The summed E-state index contributed by atoms with van der Waals surface area (Å²) in [4.78, 5) is 12.9. The van der Waals surface area contributed by atoms with Gasteiger partial charge in [-0.15, -0.1) is 21.5 Å². The lowest BCUT2D eigenvalue weighted by Crippen LogP contribution is -2.27. The minimum atomic E-state index is -3.41. The topological polar surface area (TPSA) is 92.3 Å². The molecule has 0 atom stereocenters. The molecule has 7 nitrogen and oxygen atoms in total. The van der Waals surface area contributed by atoms with Crippen LogP contribution >= 0.6 is 22.7 Å². The average molecular weight is 399 g/mol. The van der Waals surface area contributed by atoms with E-state index in [9.17, 15) is 13.2 Å². The van der Waals surface area contributed by atoms with E-state index in [2.05, 4.69) is 15.5 Å². The number of aromatic nitrogens is 2. The number of rotatable bonds is 6. The molecule has 0 aromatic carbocycles. The second kappa shape index (κ2) is 6.75. The number of carbonyl (C=O) groups is 1. The molecule has 4 rings (SSSR count). The third-order valence-electron chi connectivity index (χ3n) is 4.24. The van der Waals surface area contributed by atoms with Gasteiger partial charge in [-0.25, -0.2) is 8.42 Å². The minimum Gasteiger partial charge on any atom is -0.300 e. The fourth-order valence-electron chi connectivity index (χ4n) is 2.75. The van der Waals surface area contributed by atoms with Crippen molar-refractivity contribution < 1.29 is 13.2 Å². The zero-order valence-corrected chi connectivity index (χ0v) is 15.9. The number of anilines is 1. The van der Waals surface area contributed by atoms with Crippen LogP contribution in [0.1, 0.15) is 41.5 Å². The molecular formula is C15H18N4O3S3. The van der Waals surface area contributed by atoms with Crippen LogP contribution in [0, 0.1) is 0 Å². The highest BCUT2D eigenvalue weighted by molar-refractivity contribution is 7.91. The maximum Gasteiger partial charge on any atom is 0.252 e. The zero-order chi connectivity index (χ0) is 17.4. The van der Waals surface area contributed by atoms with Crippen molar-refractivity contribution >= 4 is 43.7 Å². The molecule has 2 aromatic rings. The van der Waals surface area contributed by atoms with Gasteiger partial charge in [0.05, 0.1) is 6.42 Å². The molecular weight excluding hydrogens is 380 g/mol. The van der Waals surface area contributed by atoms with Gasteiger partial charge in [-0.3, -0.25) is 4.79 Å². The number of hydrogen-bond donors (Lipinski definition) is 1. The van der Waals surface area contributed by atoms with Gasteiger partial charge in [0.2, 0.25) is 11.0 Å². The van der Waals surface area contributed by atoms with Crippen molar-refractivity contribution in [1.82, 2.24) is 14.5 Å². The summed E-state index contributed by atoms with van der Waals surface area (Å²) in [5.41, 5.74) is 0. The summed E-state index contributed by atoms with van der Waals surface area (Å²) in [7, 11) is -3.41. The molecule has 1 amide bonds. The van der Waals surface area contributed by atoms with Crippen molar-refractivity contribution in [2.75, 3.05) is 18.4 Å². The van der Waals surface area contributed by atoms with Gasteiger partial charge < -0.3 is 5.32 Å². The number of nitrogens with zero attached hydrogens (tertiary/aromatic N) is 3. The van der Waals surface area contributed by atoms with Crippen LogP contribution in [0.3, 0.4) is 0 Å². The molecule has 1 aliphatic carbocycles. The maximum absolute atomic E-state index is 12.5. The molecule has 134 valence electrons. The summed E-state index contributed by atoms with van der Waals surface area (Å²) < 4.78 is 26.9. The summed E-state index contributed by atoms with van der Waals surface area (Å²) in [5.74, 6) is 0.310. The first-order chi connectivity index (χ1) is 12.0. The number of amides is 1. The molecule has 0 radical (unpaired) electrons. The monoisotopic (exact) mass is 398 g/mol. The van der Waals surface area contributed by atoms with Crippen molar-refractivity contribution in [3.05, 3.63) is 22.0 Å². The number of sulfonamides is 1. The Morgan fingerprint density at radius 2 is 1.96 bits per heavy atom. The Kier molecular flexibility index (Phi) is 4.61. The third-order valence-corrected chi connectivity index (χ3v) is 8.70. The molecule has 0 bridgehead atoms. The van der Waals surface area contributed by atoms with Crippen LogP contribution in [0.2, 0.25) is 0 Å². The largest absolute Gasteiger partial charge is 0.300 e. The predicted molar refractivity (Wildman–Crippen MR) is 96.5 cm³/mol. The van der Waals surface area contributed by atoms with Gasteiger partial charge >= 0.3 is 0 Å². The summed E-state index contributed by atoms with van der Waals surface area (Å²) in [5, 5.41) is 12.3. The Hall–Kier alpha value is -1.36. The summed E-state index contributed by atoms with van der Waals surface area (Å²) in [6, 6.07) is 3.31. The molecule has 2 fully saturated rings. The Bertz CT molecular complexity index is 879. The van der Waals surface area contributed by atoms with Crippen molar-refractivity contribution in [3.8, 4) is 0 Å². The third kappa shape index (κ3) is 3.76. The molecule has 25 heavy (non-hydrogen) atoms. The van der Waals surface area contributed by atoms with Gasteiger partial charge in [-0.2, -0.15) is 4.31 Å². The van der Waals surface area contributed by atoms with Crippen LogP contribution in [0.5, 0.6) is 0 Å². The SMILES string of the molecule is O=C(Cc1ccc(S(=O)(=O)N2CCCC2)s1)Nc1nnc(C2CC2)s1. The predicted octanol–water partition coefficient (Wildman–Crippen LogP) is 2.44. The number of thiophene rings is 1. The van der Waals surface area contributed by atoms with Crippen molar-refractivity contribution in [2.24, 2.45) is 0 Å². The Morgan fingerprint density at radius 3 is 2.68 bits per heavy atom. The highest BCUT2D eigenvalue weighted by atomic mass is 32.2. The van der Waals surface area contributed by atoms with Gasteiger partial charge in [0, 0.05) is 23.9 Å². The van der Waals surface area contributed by atoms with E-state index >= 15 is 0 Å². The number of carbonyl (C=O) groups excluding carboxylic acids is 1. The van der Waals surface area contributed by atoms with Crippen LogP contribution in [0.15, 0.2) is 16.3 Å². The molecule has 0 unspecified atom stereocenters. The molecule has 0 spiro atoms. The van der Waals surface area contributed by atoms with Gasteiger partial charge in [-0.05, 0) is 37.8 Å². The minimum absolute atomic E-state index is 0.137. The quantitative estimate of drug-likeness (QED) is 0.807. The van der Waals surface area contributed by atoms with E-state index in [1.54, 1.807) is 12.1 Å². The molecule has 1 aliphatic heterocycles. The van der Waals surface area contributed by atoms with Crippen molar-refractivity contribution in [1.29, 1.82) is 0 Å². The second-order valence-electron chi connectivity index (χ2n) is 6.28. The smallest absolute Gasteiger partial charge is 0.252 e.